The van der Waals surface area contributed by atoms with Gasteiger partial charge in [0, 0.05) is 23.1 Å². The molecule has 0 N–H and O–H groups in total. The highest BCUT2D eigenvalue weighted by Gasteiger charge is 2.24. The van der Waals surface area contributed by atoms with E-state index in [0.717, 1.165) is 11.1 Å². The first-order valence-electron chi connectivity index (χ1n) is 8.38. The number of carbonyl (C=O) groups is 2. The predicted octanol–water partition coefficient (Wildman–Crippen LogP) is 5.21. The van der Waals surface area contributed by atoms with E-state index in [1.165, 1.54) is 7.11 Å². The number of halogens is 1. The number of benzene rings is 2. The summed E-state index contributed by atoms with van der Waals surface area (Å²) in [6.07, 6.45) is 2.36. The molecule has 4 rings (SSSR count). The number of furan rings is 1. The Hall–Kier alpha value is -3.11. The number of fused-ring (bicyclic) bond motifs is 1. The summed E-state index contributed by atoms with van der Waals surface area (Å²) in [5, 5.41) is 0.314. The zero-order chi connectivity index (χ0) is 19.0. The average Bonchev–Trinajstić information content (AvgIpc) is 3.27. The quantitative estimate of drug-likeness (QED) is 0.463. The van der Waals surface area contributed by atoms with Crippen LogP contribution in [0.25, 0.3) is 17.4 Å². The van der Waals surface area contributed by atoms with Crippen LogP contribution < -0.4 is 0 Å². The van der Waals surface area contributed by atoms with Crippen LogP contribution in [0.3, 0.4) is 0 Å². The van der Waals surface area contributed by atoms with Crippen LogP contribution in [0, 0.1) is 0 Å². The molecule has 0 atom stereocenters. The number of ketones is 1. The average molecular weight is 379 g/mol. The molecule has 1 aliphatic rings. The van der Waals surface area contributed by atoms with Gasteiger partial charge in [-0.25, -0.2) is 4.79 Å². The summed E-state index contributed by atoms with van der Waals surface area (Å²) in [6.45, 7) is 0. The van der Waals surface area contributed by atoms with Gasteiger partial charge in [0.15, 0.2) is 5.78 Å². The van der Waals surface area contributed by atoms with E-state index in [1.807, 2.05) is 24.3 Å². The molecule has 1 aliphatic carbocycles. The van der Waals surface area contributed by atoms with Crippen molar-refractivity contribution in [2.24, 2.45) is 0 Å². The molecule has 0 aliphatic heterocycles. The fraction of sp³-hybridized carbons (Fsp3) is 0.0909. The van der Waals surface area contributed by atoms with Crippen molar-refractivity contribution in [3.05, 3.63) is 87.6 Å². The van der Waals surface area contributed by atoms with E-state index in [0.29, 0.717) is 34.1 Å². The molecule has 2 aromatic carbocycles. The molecule has 3 aromatic rings. The summed E-state index contributed by atoms with van der Waals surface area (Å²) in [7, 11) is 1.30. The summed E-state index contributed by atoms with van der Waals surface area (Å²) in [5.74, 6) is 0.676. The third-order valence-electron chi connectivity index (χ3n) is 4.53. The summed E-state index contributed by atoms with van der Waals surface area (Å²) in [5.41, 5.74) is 3.44. The number of ether oxygens (including phenoxy) is 1. The second-order valence-corrected chi connectivity index (χ2v) is 6.63. The number of hydrogen-bond acceptors (Lipinski definition) is 4. The number of rotatable bonds is 3. The van der Waals surface area contributed by atoms with Crippen molar-refractivity contribution >= 4 is 29.4 Å². The van der Waals surface area contributed by atoms with E-state index >= 15 is 0 Å². The van der Waals surface area contributed by atoms with Crippen LogP contribution in [0.1, 0.15) is 32.0 Å². The highest BCUT2D eigenvalue weighted by Crippen LogP contribution is 2.31. The first kappa shape index (κ1) is 17.3. The van der Waals surface area contributed by atoms with Crippen molar-refractivity contribution < 1.29 is 18.7 Å². The highest BCUT2D eigenvalue weighted by atomic mass is 35.5. The van der Waals surface area contributed by atoms with E-state index in [4.69, 9.17) is 20.8 Å². The molecule has 5 heteroatoms. The number of methoxy groups -OCH3 is 1. The van der Waals surface area contributed by atoms with Crippen LogP contribution in [-0.2, 0) is 11.2 Å². The van der Waals surface area contributed by atoms with Gasteiger partial charge in [-0.3, -0.25) is 4.79 Å². The SMILES string of the molecule is COC(=O)c1cc(-c2ccc(C=C3Cc4ccccc4C3=O)o2)ccc1Cl. The van der Waals surface area contributed by atoms with Crippen molar-refractivity contribution in [3.63, 3.8) is 0 Å². The molecular weight excluding hydrogens is 364 g/mol. The van der Waals surface area contributed by atoms with E-state index in [1.54, 1.807) is 36.4 Å². The minimum atomic E-state index is -0.509. The minimum Gasteiger partial charge on any atom is -0.465 e. The second-order valence-electron chi connectivity index (χ2n) is 6.22. The number of allylic oxidation sites excluding steroid dienone is 1. The Morgan fingerprint density at radius 1 is 1.15 bits per heavy atom. The Labute approximate surface area is 161 Å². The van der Waals surface area contributed by atoms with Gasteiger partial charge in [-0.2, -0.15) is 0 Å². The van der Waals surface area contributed by atoms with Crippen molar-refractivity contribution in [1.82, 2.24) is 0 Å². The minimum absolute atomic E-state index is 0.0306. The van der Waals surface area contributed by atoms with E-state index in [9.17, 15) is 9.59 Å². The predicted molar refractivity (Wildman–Crippen MR) is 103 cm³/mol. The maximum absolute atomic E-state index is 12.5. The molecule has 134 valence electrons. The van der Waals surface area contributed by atoms with E-state index < -0.39 is 5.97 Å². The standard InChI is InChI=1S/C22H15ClO4/c1-26-22(25)18-12-14(6-8-19(18)23)20-9-7-16(27-20)11-15-10-13-4-2-3-5-17(13)21(15)24/h2-9,11-12H,10H2,1H3. The van der Waals surface area contributed by atoms with Crippen LogP contribution >= 0.6 is 11.6 Å². The van der Waals surface area contributed by atoms with Crippen LogP contribution in [0.15, 0.2) is 64.6 Å². The van der Waals surface area contributed by atoms with Gasteiger partial charge in [-0.15, -0.1) is 0 Å². The molecule has 0 fully saturated rings. The summed E-state index contributed by atoms with van der Waals surface area (Å²) in [4.78, 5) is 24.3. The van der Waals surface area contributed by atoms with Gasteiger partial charge in [0.1, 0.15) is 11.5 Å². The van der Waals surface area contributed by atoms with Gasteiger partial charge in [0.25, 0.3) is 0 Å². The number of Topliss-reactive ketones (excluding diaryl/α,β-unsaturated/α-hetero) is 1. The van der Waals surface area contributed by atoms with Crippen LogP contribution in [0.4, 0.5) is 0 Å². The smallest absolute Gasteiger partial charge is 0.339 e. The lowest BCUT2D eigenvalue weighted by atomic mass is 10.1. The zero-order valence-corrected chi connectivity index (χ0v) is 15.2. The molecule has 4 nitrogen and oxygen atoms in total. The van der Waals surface area contributed by atoms with Gasteiger partial charge < -0.3 is 9.15 Å². The van der Waals surface area contributed by atoms with Crippen molar-refractivity contribution in [1.29, 1.82) is 0 Å². The lowest BCUT2D eigenvalue weighted by Gasteiger charge is -2.04. The molecule has 0 spiro atoms. The van der Waals surface area contributed by atoms with Gasteiger partial charge in [0.05, 0.1) is 17.7 Å². The van der Waals surface area contributed by atoms with Crippen molar-refractivity contribution in [2.45, 2.75) is 6.42 Å². The molecule has 0 unspecified atom stereocenters. The molecule has 0 radical (unpaired) electrons. The molecule has 0 saturated carbocycles. The Morgan fingerprint density at radius 2 is 1.96 bits per heavy atom. The number of carbonyl (C=O) groups excluding carboxylic acids is 2. The highest BCUT2D eigenvalue weighted by molar-refractivity contribution is 6.33. The third kappa shape index (κ3) is 3.20. The number of hydrogen-bond donors (Lipinski definition) is 0. The maximum Gasteiger partial charge on any atom is 0.339 e. The molecule has 1 aromatic heterocycles. The molecule has 0 bridgehead atoms. The van der Waals surface area contributed by atoms with Gasteiger partial charge in [0.2, 0.25) is 0 Å². The summed E-state index contributed by atoms with van der Waals surface area (Å²) in [6, 6.07) is 16.2. The normalized spacial score (nSPS) is 14.4. The first-order chi connectivity index (χ1) is 13.1. The Balaban J connectivity index is 1.64. The first-order valence-corrected chi connectivity index (χ1v) is 8.76. The zero-order valence-electron chi connectivity index (χ0n) is 14.5. The van der Waals surface area contributed by atoms with E-state index in [2.05, 4.69) is 0 Å². The fourth-order valence-corrected chi connectivity index (χ4v) is 3.37. The van der Waals surface area contributed by atoms with E-state index in [-0.39, 0.29) is 11.3 Å². The number of esters is 1. The topological polar surface area (TPSA) is 56.5 Å². The molecular formula is C22H15ClO4. The molecule has 1 heterocycles. The molecule has 0 saturated heterocycles. The largest absolute Gasteiger partial charge is 0.465 e. The Morgan fingerprint density at radius 3 is 2.74 bits per heavy atom. The van der Waals surface area contributed by atoms with Crippen molar-refractivity contribution in [3.8, 4) is 11.3 Å². The Kier molecular flexibility index (Phi) is 4.42. The second kappa shape index (κ2) is 6.89. The van der Waals surface area contributed by atoms with Crippen LogP contribution in [-0.4, -0.2) is 18.9 Å². The monoisotopic (exact) mass is 378 g/mol. The third-order valence-corrected chi connectivity index (χ3v) is 4.86. The molecule has 0 amide bonds. The van der Waals surface area contributed by atoms with Crippen molar-refractivity contribution in [2.75, 3.05) is 7.11 Å². The Bertz CT molecular complexity index is 1090. The van der Waals surface area contributed by atoms with Crippen LogP contribution in [0.2, 0.25) is 5.02 Å². The van der Waals surface area contributed by atoms with Crippen LogP contribution in [0.5, 0.6) is 0 Å². The lowest BCUT2D eigenvalue weighted by molar-refractivity contribution is 0.0601. The van der Waals surface area contributed by atoms with Gasteiger partial charge in [-0.1, -0.05) is 35.9 Å². The van der Waals surface area contributed by atoms with Gasteiger partial charge in [-0.05, 0) is 42.0 Å². The van der Waals surface area contributed by atoms with Gasteiger partial charge >= 0.3 is 5.97 Å². The molecule has 27 heavy (non-hydrogen) atoms. The summed E-state index contributed by atoms with van der Waals surface area (Å²) < 4.78 is 10.6. The fourth-order valence-electron chi connectivity index (χ4n) is 3.17. The lowest BCUT2D eigenvalue weighted by Crippen LogP contribution is -2.02. The maximum atomic E-state index is 12.5. The summed E-state index contributed by atoms with van der Waals surface area (Å²) >= 11 is 6.06.